The Labute approximate surface area is 618 Å². The lowest BCUT2D eigenvalue weighted by atomic mass is 10.0. The molecule has 2 heterocycles. The van der Waals surface area contributed by atoms with E-state index in [0.29, 0.717) is 48.4 Å². The maximum atomic E-state index is 13.9. The molecule has 0 saturated heterocycles. The van der Waals surface area contributed by atoms with E-state index >= 15 is 0 Å². The molecule has 0 saturated carbocycles. The number of nitrogens with one attached hydrogen (secondary N) is 10. The molecule has 0 atom stereocenters. The fourth-order valence-corrected chi connectivity index (χ4v) is 10.1. The van der Waals surface area contributed by atoms with Gasteiger partial charge in [0.15, 0.2) is 0 Å². The summed E-state index contributed by atoms with van der Waals surface area (Å²) in [4.78, 5) is 79.3. The number of unbranched alkanes of at least 4 members (excludes halogenated alkanes) is 1. The zero-order valence-electron chi connectivity index (χ0n) is 59.4. The maximum absolute atomic E-state index is 13.9. The molecule has 578 valence electrons. The Morgan fingerprint density at radius 1 is 0.417 bits per heavy atom. The number of urea groups is 2. The zero-order valence-corrected chi connectivity index (χ0v) is 59.4. The molecule has 108 heavy (non-hydrogen) atoms. The second kappa shape index (κ2) is 46.1. The fraction of sp³-hybridized carbons (Fsp3) is 0.378. The molecular weight excluding hydrogens is 1420 g/mol. The quantitative estimate of drug-likeness (QED) is 0.00975. The van der Waals surface area contributed by atoms with Crippen molar-refractivity contribution in [3.63, 3.8) is 0 Å². The van der Waals surface area contributed by atoms with Gasteiger partial charge in [-0.15, -0.1) is 0 Å². The summed E-state index contributed by atoms with van der Waals surface area (Å²) in [6.45, 7) is 7.70. The number of nitriles is 2. The topological polar surface area (TPSA) is 378 Å². The van der Waals surface area contributed by atoms with Crippen LogP contribution in [0.3, 0.4) is 0 Å². The predicted molar refractivity (Wildman–Crippen MR) is 390 cm³/mol. The van der Waals surface area contributed by atoms with Gasteiger partial charge in [-0.25, -0.2) is 9.59 Å². The van der Waals surface area contributed by atoms with Gasteiger partial charge >= 0.3 is 24.4 Å². The molecular formula is C74H86F6N14O14. The molecule has 0 spiro atoms. The molecule has 0 radical (unpaired) electrons. The Hall–Kier alpha value is -11.1. The minimum Gasteiger partial charge on any atom is -0.377 e. The number of alkyl halides is 6. The highest BCUT2D eigenvalue weighted by molar-refractivity contribution is 5.98. The van der Waals surface area contributed by atoms with E-state index in [-0.39, 0.29) is 200 Å². The minimum absolute atomic E-state index is 0.0306. The van der Waals surface area contributed by atoms with Crippen LogP contribution in [0.2, 0.25) is 0 Å². The van der Waals surface area contributed by atoms with Crippen LogP contribution in [0.25, 0.3) is 22.8 Å². The molecule has 0 unspecified atom stereocenters. The van der Waals surface area contributed by atoms with Crippen molar-refractivity contribution in [2.24, 2.45) is 0 Å². The predicted octanol–water partition coefficient (Wildman–Crippen LogP) is 8.26. The largest absolute Gasteiger partial charge is 0.416 e. The summed E-state index contributed by atoms with van der Waals surface area (Å²) in [5.74, 6) is -1.63. The number of benzene rings is 4. The van der Waals surface area contributed by atoms with Crippen LogP contribution < -0.4 is 53.7 Å². The lowest BCUT2D eigenvalue weighted by molar-refractivity contribution is -0.138. The van der Waals surface area contributed by atoms with Crippen LogP contribution in [0.15, 0.2) is 131 Å². The highest BCUT2D eigenvalue weighted by Gasteiger charge is 2.33. The van der Waals surface area contributed by atoms with Crippen molar-refractivity contribution >= 4 is 59.1 Å². The highest BCUT2D eigenvalue weighted by Crippen LogP contribution is 2.33. The van der Waals surface area contributed by atoms with Crippen molar-refractivity contribution in [1.29, 1.82) is 21.3 Å². The van der Waals surface area contributed by atoms with Crippen molar-refractivity contribution in [3.8, 4) is 23.5 Å². The maximum Gasteiger partial charge on any atom is 0.416 e. The van der Waals surface area contributed by atoms with Gasteiger partial charge in [0.05, 0.1) is 140 Å². The van der Waals surface area contributed by atoms with E-state index in [4.69, 9.17) is 48.7 Å². The average Bonchev–Trinajstić information content (AvgIpc) is 0.772. The number of amides is 6. The van der Waals surface area contributed by atoms with E-state index in [2.05, 4.69) is 42.5 Å². The normalized spacial score (nSPS) is 11.6. The Balaban J connectivity index is 0.717. The van der Waals surface area contributed by atoms with Gasteiger partial charge in [-0.05, 0) is 136 Å². The van der Waals surface area contributed by atoms with Crippen LogP contribution in [0.1, 0.15) is 78.3 Å². The Kier molecular flexibility index (Phi) is 36.6. The molecule has 0 aliphatic heterocycles. The number of allylic oxidation sites excluding steroid dienone is 2. The first-order valence-electron chi connectivity index (χ1n) is 34.1. The number of hydrogen-bond donors (Lipinski definition) is 10. The van der Waals surface area contributed by atoms with Gasteiger partial charge in [0.25, 0.3) is 22.9 Å². The van der Waals surface area contributed by atoms with Gasteiger partial charge in [-0.3, -0.25) is 28.3 Å². The number of rotatable bonds is 47. The third-order valence-corrected chi connectivity index (χ3v) is 15.4. The van der Waals surface area contributed by atoms with Crippen LogP contribution >= 0.6 is 0 Å². The second-order valence-electron chi connectivity index (χ2n) is 23.1. The van der Waals surface area contributed by atoms with E-state index in [0.717, 1.165) is 58.0 Å². The first-order valence-corrected chi connectivity index (χ1v) is 34.1. The fourth-order valence-electron chi connectivity index (χ4n) is 10.1. The number of anilines is 2. The number of ether oxygens (including phenoxy) is 8. The van der Waals surface area contributed by atoms with E-state index in [1.807, 2.05) is 12.1 Å². The summed E-state index contributed by atoms with van der Waals surface area (Å²) in [6, 6.07) is 26.8. The van der Waals surface area contributed by atoms with Crippen molar-refractivity contribution in [2.45, 2.75) is 39.0 Å². The lowest BCUT2D eigenvalue weighted by Gasteiger charge is -2.20. The SMILES string of the molecule is Cc1c(/C(=C/C=N)Nc2ccc(C#N)cc2)cc(C(=O)NCCOCCOCCOCCOCCNC(=O)NCCCCNC(=O)NCCOCCOCCOCCOCCNC(=O)c2cc(/C(=C/C=N)Nc3ccc(C#N)cc3)c(C)n(-c3cccc(C(F)(F)F)c3)c2=O)c(=O)n1-c1cccc(C(F)(F)F)c1. The summed E-state index contributed by atoms with van der Waals surface area (Å²) < 4.78 is 129. The molecule has 6 rings (SSSR count). The van der Waals surface area contributed by atoms with Crippen molar-refractivity contribution in [3.05, 3.63) is 198 Å². The van der Waals surface area contributed by atoms with Gasteiger partial charge in [0, 0.05) is 108 Å². The zero-order chi connectivity index (χ0) is 78.1. The number of carbonyl (C=O) groups is 4. The van der Waals surface area contributed by atoms with Crippen molar-refractivity contribution in [2.75, 3.05) is 156 Å². The van der Waals surface area contributed by atoms with E-state index in [9.17, 15) is 65.6 Å². The summed E-state index contributed by atoms with van der Waals surface area (Å²) >= 11 is 0. The Morgan fingerprint density at radius 2 is 0.713 bits per heavy atom. The van der Waals surface area contributed by atoms with Gasteiger partial charge in [0.2, 0.25) is 0 Å². The molecule has 28 nitrogen and oxygen atoms in total. The first-order chi connectivity index (χ1) is 52.1. The smallest absolute Gasteiger partial charge is 0.377 e. The summed E-state index contributed by atoms with van der Waals surface area (Å²) in [6.07, 6.45) is -3.56. The molecule has 10 N–H and O–H groups in total. The average molecular weight is 1510 g/mol. The van der Waals surface area contributed by atoms with Gasteiger partial charge in [-0.2, -0.15) is 36.9 Å². The third kappa shape index (κ3) is 29.0. The number of pyridine rings is 2. The Morgan fingerprint density at radius 3 is 1.01 bits per heavy atom. The van der Waals surface area contributed by atoms with E-state index in [1.165, 1.54) is 50.3 Å². The summed E-state index contributed by atoms with van der Waals surface area (Å²) in [5.41, 5.74) is -1.74. The Bertz CT molecular complexity index is 3950. The highest BCUT2D eigenvalue weighted by atomic mass is 19.4. The van der Waals surface area contributed by atoms with Crippen molar-refractivity contribution < 1.29 is 83.4 Å². The molecule has 34 heteroatoms. The van der Waals surface area contributed by atoms with Crippen LogP contribution in [0.5, 0.6) is 0 Å². The standard InChI is InChI=1S/C74H86F6N14O14/c1-51-61(65(19-21-81)91-57-15-11-53(49-83)12-16-57)47-63(69(97)93(51)59-9-5-7-55(45-59)73(75,76)77)67(95)85-25-29-101-33-37-105-41-43-107-39-35-103-31-27-89-71(99)87-23-3-4-24-88-72(100)90-28-32-104-36-40-108-44-42-106-38-34-102-30-26-86-68(96)64-48-62(66(20-22-82)92-58-17-13-54(50-84)14-18-58)52(2)94(70(64)98)60-10-6-8-56(46-60)74(78,79)80/h5-22,45-48,81-82,91-92H,3-4,23-44H2,1-2H3,(H,85,95)(H,86,96)(H2,87,89,99)(H2,88,90,100)/b65-19-,66-20-,81-21?,82-22?. The number of halogens is 6. The van der Waals surface area contributed by atoms with Crippen LogP contribution in [0.4, 0.5) is 47.3 Å². The third-order valence-electron chi connectivity index (χ3n) is 15.4. The molecule has 6 amide bonds. The van der Waals surface area contributed by atoms with E-state index < -0.39 is 46.4 Å². The van der Waals surface area contributed by atoms with Crippen LogP contribution in [-0.2, 0) is 50.2 Å². The molecule has 0 fully saturated rings. The first kappa shape index (κ1) is 85.8. The number of aromatic nitrogens is 2. The van der Waals surface area contributed by atoms with E-state index in [1.54, 1.807) is 48.5 Å². The van der Waals surface area contributed by atoms with Crippen LogP contribution in [-0.4, -0.2) is 190 Å². The summed E-state index contributed by atoms with van der Waals surface area (Å²) in [7, 11) is 0. The summed E-state index contributed by atoms with van der Waals surface area (Å²) in [5, 5.41) is 56.4. The molecule has 6 aromatic rings. The van der Waals surface area contributed by atoms with Crippen molar-refractivity contribution in [1.82, 2.24) is 41.0 Å². The van der Waals surface area contributed by atoms with Gasteiger partial charge < -0.3 is 91.2 Å². The molecule has 0 aliphatic rings. The van der Waals surface area contributed by atoms with Gasteiger partial charge in [-0.1, -0.05) is 12.1 Å². The second-order valence-corrected chi connectivity index (χ2v) is 23.1. The lowest BCUT2D eigenvalue weighted by Crippen LogP contribution is -2.39. The number of carbonyl (C=O) groups excluding carboxylic acids is 4. The number of hydrogen-bond acceptors (Lipinski definition) is 20. The monoisotopic (exact) mass is 1510 g/mol. The molecule has 4 aromatic carbocycles. The number of nitrogens with zero attached hydrogens (tertiary/aromatic N) is 4. The minimum atomic E-state index is -4.72. The molecule has 2 aromatic heterocycles. The molecule has 0 aliphatic carbocycles. The van der Waals surface area contributed by atoms with Gasteiger partial charge in [0.1, 0.15) is 11.1 Å². The van der Waals surface area contributed by atoms with Crippen LogP contribution in [0, 0.1) is 47.3 Å². The molecule has 0 bridgehead atoms.